The van der Waals surface area contributed by atoms with Gasteiger partial charge in [0.05, 0.1) is 10.4 Å². The highest BCUT2D eigenvalue weighted by atomic mass is 32.1. The van der Waals surface area contributed by atoms with E-state index in [0.29, 0.717) is 17.5 Å². The van der Waals surface area contributed by atoms with Gasteiger partial charge in [0.25, 0.3) is 0 Å². The predicted molar refractivity (Wildman–Crippen MR) is 103 cm³/mol. The first-order chi connectivity index (χ1) is 12.8. The van der Waals surface area contributed by atoms with E-state index in [4.69, 9.17) is 5.26 Å². The Balaban J connectivity index is 1.47. The van der Waals surface area contributed by atoms with Crippen LogP contribution in [0.25, 0.3) is 11.0 Å². The van der Waals surface area contributed by atoms with E-state index in [2.05, 4.69) is 43.9 Å². The van der Waals surface area contributed by atoms with Crippen molar-refractivity contribution in [1.82, 2.24) is 19.9 Å². The average molecular weight is 366 g/mol. The maximum atomic E-state index is 9.05. The first kappa shape index (κ1) is 17.0. The number of nitrogens with zero attached hydrogens (tertiary/aromatic N) is 5. The molecular weight excluding hydrogens is 344 g/mol. The van der Waals surface area contributed by atoms with Gasteiger partial charge in [0, 0.05) is 30.6 Å². The van der Waals surface area contributed by atoms with Gasteiger partial charge in [-0.2, -0.15) is 5.26 Å². The Labute approximate surface area is 156 Å². The lowest BCUT2D eigenvalue weighted by Crippen LogP contribution is -2.21. The summed E-state index contributed by atoms with van der Waals surface area (Å²) in [4.78, 5) is 18.9. The lowest BCUT2D eigenvalue weighted by atomic mass is 9.91. The minimum Gasteiger partial charge on any atom is -0.356 e. The second-order valence-corrected chi connectivity index (χ2v) is 7.83. The van der Waals surface area contributed by atoms with Crippen molar-refractivity contribution in [2.75, 3.05) is 18.0 Å². The molecule has 4 rings (SSSR count). The van der Waals surface area contributed by atoms with E-state index < -0.39 is 0 Å². The van der Waals surface area contributed by atoms with Crippen LogP contribution in [0.5, 0.6) is 0 Å². The van der Waals surface area contributed by atoms with E-state index in [1.54, 1.807) is 17.7 Å². The van der Waals surface area contributed by atoms with Crippen molar-refractivity contribution in [2.45, 2.75) is 38.5 Å². The summed E-state index contributed by atoms with van der Waals surface area (Å²) in [6.45, 7) is 4.27. The fourth-order valence-electron chi connectivity index (χ4n) is 3.95. The topological polar surface area (TPSA) is 81.5 Å². The van der Waals surface area contributed by atoms with E-state index in [-0.39, 0.29) is 0 Å². The number of H-pyrrole nitrogens is 1. The molecule has 4 heterocycles. The SMILES string of the molecule is CCCC(C[C@@H]1CCN(c2ncnc3[nH]ccc23)C1)c1nc(C#N)cs1. The van der Waals surface area contributed by atoms with Crippen LogP contribution in [-0.4, -0.2) is 33.0 Å². The average Bonchev–Trinajstić information content (AvgIpc) is 3.40. The largest absolute Gasteiger partial charge is 0.356 e. The molecule has 1 N–H and O–H groups in total. The predicted octanol–water partition coefficient (Wildman–Crippen LogP) is 4.09. The molecule has 0 aromatic carbocycles. The second kappa shape index (κ2) is 7.42. The van der Waals surface area contributed by atoms with Crippen molar-refractivity contribution < 1.29 is 0 Å². The molecule has 3 aromatic heterocycles. The van der Waals surface area contributed by atoms with Crippen molar-refractivity contribution in [2.24, 2.45) is 5.92 Å². The standard InChI is InChI=1S/C19H22N6S/c1-2-3-14(19-24-15(9-20)11-26-19)8-13-5-7-25(10-13)18-16-4-6-21-17(16)22-12-23-18/h4,6,11-14H,2-3,5,7-8,10H2,1H3,(H,21,22,23)/t13-,14?/m0/s1. The Bertz CT molecular complexity index is 923. The van der Waals surface area contributed by atoms with Crippen LogP contribution in [0.15, 0.2) is 24.0 Å². The van der Waals surface area contributed by atoms with Crippen LogP contribution in [0.3, 0.4) is 0 Å². The van der Waals surface area contributed by atoms with Gasteiger partial charge >= 0.3 is 0 Å². The van der Waals surface area contributed by atoms with E-state index in [1.807, 2.05) is 11.6 Å². The van der Waals surface area contributed by atoms with Gasteiger partial charge in [-0.15, -0.1) is 11.3 Å². The summed E-state index contributed by atoms with van der Waals surface area (Å²) in [6.07, 6.45) is 8.13. The third-order valence-corrected chi connectivity index (χ3v) is 6.17. The highest BCUT2D eigenvalue weighted by Crippen LogP contribution is 2.36. The number of hydrogen-bond donors (Lipinski definition) is 1. The van der Waals surface area contributed by atoms with Crippen LogP contribution < -0.4 is 4.90 Å². The molecule has 0 bridgehead atoms. The minimum atomic E-state index is 0.453. The Morgan fingerprint density at radius 2 is 2.38 bits per heavy atom. The Hall–Kier alpha value is -2.46. The van der Waals surface area contributed by atoms with Crippen LogP contribution in [0.4, 0.5) is 5.82 Å². The molecule has 7 heteroatoms. The smallest absolute Gasteiger partial charge is 0.151 e. The van der Waals surface area contributed by atoms with Crippen LogP contribution in [0.1, 0.15) is 49.2 Å². The van der Waals surface area contributed by atoms with Gasteiger partial charge in [-0.3, -0.25) is 0 Å². The molecule has 0 saturated carbocycles. The van der Waals surface area contributed by atoms with Gasteiger partial charge < -0.3 is 9.88 Å². The number of hydrogen-bond acceptors (Lipinski definition) is 6. The van der Waals surface area contributed by atoms with Gasteiger partial charge in [-0.1, -0.05) is 13.3 Å². The van der Waals surface area contributed by atoms with Crippen molar-refractivity contribution in [3.63, 3.8) is 0 Å². The van der Waals surface area contributed by atoms with Crippen molar-refractivity contribution >= 4 is 28.2 Å². The summed E-state index contributed by atoms with van der Waals surface area (Å²) in [5.74, 6) is 2.12. The van der Waals surface area contributed by atoms with Crippen LogP contribution in [0, 0.1) is 17.2 Å². The first-order valence-corrected chi connectivity index (χ1v) is 10.0. The molecular formula is C19H22N6S. The second-order valence-electron chi connectivity index (χ2n) is 6.94. The molecule has 3 aromatic rings. The highest BCUT2D eigenvalue weighted by molar-refractivity contribution is 7.09. The van der Waals surface area contributed by atoms with Crippen molar-refractivity contribution in [3.8, 4) is 6.07 Å². The van der Waals surface area contributed by atoms with Crippen molar-refractivity contribution in [3.05, 3.63) is 34.7 Å². The molecule has 2 atom stereocenters. The zero-order valence-corrected chi connectivity index (χ0v) is 15.7. The van der Waals surface area contributed by atoms with Crippen molar-refractivity contribution in [1.29, 1.82) is 5.26 Å². The number of anilines is 1. The lowest BCUT2D eigenvalue weighted by molar-refractivity contribution is 0.446. The lowest BCUT2D eigenvalue weighted by Gasteiger charge is -2.20. The molecule has 1 aliphatic heterocycles. The zero-order valence-electron chi connectivity index (χ0n) is 14.9. The zero-order chi connectivity index (χ0) is 17.9. The van der Waals surface area contributed by atoms with Gasteiger partial charge in [0.2, 0.25) is 0 Å². The summed E-state index contributed by atoms with van der Waals surface area (Å²) in [5, 5.41) is 13.1. The summed E-state index contributed by atoms with van der Waals surface area (Å²) < 4.78 is 0. The van der Waals surface area contributed by atoms with Crippen LogP contribution in [-0.2, 0) is 0 Å². The summed E-state index contributed by atoms with van der Waals surface area (Å²) in [6, 6.07) is 4.21. The number of fused-ring (bicyclic) bond motifs is 1. The monoisotopic (exact) mass is 366 g/mol. The maximum absolute atomic E-state index is 9.05. The van der Waals surface area contributed by atoms with E-state index in [0.717, 1.165) is 54.2 Å². The summed E-state index contributed by atoms with van der Waals surface area (Å²) >= 11 is 1.63. The molecule has 1 fully saturated rings. The Morgan fingerprint density at radius 3 is 3.19 bits per heavy atom. The molecule has 1 saturated heterocycles. The van der Waals surface area contributed by atoms with E-state index >= 15 is 0 Å². The van der Waals surface area contributed by atoms with Gasteiger partial charge in [0.1, 0.15) is 23.9 Å². The first-order valence-electron chi connectivity index (χ1n) is 9.17. The molecule has 0 amide bonds. The van der Waals surface area contributed by atoms with E-state index in [9.17, 15) is 0 Å². The molecule has 0 radical (unpaired) electrons. The summed E-state index contributed by atoms with van der Waals surface area (Å²) in [7, 11) is 0. The number of thiazole rings is 1. The van der Waals surface area contributed by atoms with Gasteiger partial charge in [0.15, 0.2) is 5.69 Å². The third kappa shape index (κ3) is 3.29. The number of nitrogens with one attached hydrogen (secondary N) is 1. The fourth-order valence-corrected chi connectivity index (χ4v) is 4.84. The fraction of sp³-hybridized carbons (Fsp3) is 0.474. The maximum Gasteiger partial charge on any atom is 0.151 e. The van der Waals surface area contributed by atoms with Gasteiger partial charge in [-0.25, -0.2) is 15.0 Å². The number of rotatable bonds is 6. The molecule has 1 aliphatic rings. The van der Waals surface area contributed by atoms with Crippen LogP contribution in [0.2, 0.25) is 0 Å². The van der Waals surface area contributed by atoms with Gasteiger partial charge in [-0.05, 0) is 31.2 Å². The number of nitriles is 1. The number of aromatic nitrogens is 4. The minimum absolute atomic E-state index is 0.453. The number of aromatic amines is 1. The van der Waals surface area contributed by atoms with Crippen LogP contribution >= 0.6 is 11.3 Å². The third-order valence-electron chi connectivity index (χ3n) is 5.16. The summed E-state index contributed by atoms with van der Waals surface area (Å²) in [5.41, 5.74) is 1.45. The molecule has 0 aliphatic carbocycles. The Kier molecular flexibility index (Phi) is 4.85. The van der Waals surface area contributed by atoms with E-state index in [1.165, 1.54) is 6.42 Å². The molecule has 1 unspecified atom stereocenters. The molecule has 0 spiro atoms. The molecule has 134 valence electrons. The molecule has 26 heavy (non-hydrogen) atoms. The normalized spacial score (nSPS) is 18.3. The highest BCUT2D eigenvalue weighted by Gasteiger charge is 2.28. The molecule has 6 nitrogen and oxygen atoms in total. The Morgan fingerprint density at radius 1 is 1.46 bits per heavy atom. The quantitative estimate of drug-likeness (QED) is 0.711.